The monoisotopic (exact) mass is 315 g/mol. The molecule has 0 spiro atoms. The van der Waals surface area contributed by atoms with E-state index in [1.54, 1.807) is 0 Å². The van der Waals surface area contributed by atoms with Crippen molar-refractivity contribution in [3.8, 4) is 0 Å². The Labute approximate surface area is 137 Å². The third-order valence-corrected chi connectivity index (χ3v) is 3.95. The van der Waals surface area contributed by atoms with Crippen molar-refractivity contribution in [3.05, 3.63) is 70.2 Å². The maximum Gasteiger partial charge on any atom is 0.224 e. The summed E-state index contributed by atoms with van der Waals surface area (Å²) in [6.45, 7) is 6.25. The van der Waals surface area contributed by atoms with Crippen LogP contribution in [0.25, 0.3) is 0 Å². The highest BCUT2D eigenvalue weighted by Crippen LogP contribution is 2.23. The molecular formula is C19H22ClNO. The smallest absolute Gasteiger partial charge is 0.224 e. The van der Waals surface area contributed by atoms with Crippen LogP contribution < -0.4 is 5.32 Å². The average molecular weight is 316 g/mol. The molecule has 22 heavy (non-hydrogen) atoms. The second-order valence-corrected chi connectivity index (χ2v) is 6.44. The maximum absolute atomic E-state index is 12.3. The molecule has 0 aliphatic heterocycles. The Morgan fingerprint density at radius 1 is 1.05 bits per heavy atom. The molecule has 0 aromatic heterocycles. The molecule has 0 saturated heterocycles. The van der Waals surface area contributed by atoms with Gasteiger partial charge in [0.2, 0.25) is 5.91 Å². The van der Waals surface area contributed by atoms with E-state index in [4.69, 9.17) is 11.6 Å². The molecule has 2 nitrogen and oxygen atoms in total. The highest BCUT2D eigenvalue weighted by molar-refractivity contribution is 6.30. The predicted molar refractivity (Wildman–Crippen MR) is 92.1 cm³/mol. The molecule has 2 rings (SSSR count). The van der Waals surface area contributed by atoms with Crippen LogP contribution in [0.3, 0.4) is 0 Å². The Kier molecular flexibility index (Phi) is 5.62. The molecule has 0 bridgehead atoms. The summed E-state index contributed by atoms with van der Waals surface area (Å²) in [6, 6.07) is 15.7. The average Bonchev–Trinajstić information content (AvgIpc) is 2.48. The van der Waals surface area contributed by atoms with E-state index in [-0.39, 0.29) is 11.9 Å². The fraction of sp³-hybridized carbons (Fsp3) is 0.316. The van der Waals surface area contributed by atoms with Crippen molar-refractivity contribution in [2.45, 2.75) is 33.2 Å². The maximum atomic E-state index is 12.3. The van der Waals surface area contributed by atoms with Gasteiger partial charge in [0.15, 0.2) is 0 Å². The Morgan fingerprint density at radius 2 is 1.64 bits per heavy atom. The first-order chi connectivity index (χ1) is 10.5. The summed E-state index contributed by atoms with van der Waals surface area (Å²) >= 11 is 5.93. The summed E-state index contributed by atoms with van der Waals surface area (Å²) < 4.78 is 0. The molecule has 3 heteroatoms. The number of hydrogen-bond donors (Lipinski definition) is 1. The zero-order valence-corrected chi connectivity index (χ0v) is 14.0. The zero-order valence-electron chi connectivity index (χ0n) is 13.3. The molecular weight excluding hydrogens is 294 g/mol. The summed E-state index contributed by atoms with van der Waals surface area (Å²) in [4.78, 5) is 12.3. The van der Waals surface area contributed by atoms with Crippen LogP contribution in [-0.4, -0.2) is 5.91 Å². The minimum Gasteiger partial charge on any atom is -0.349 e. The molecule has 2 aromatic carbocycles. The van der Waals surface area contributed by atoms with E-state index in [0.29, 0.717) is 17.4 Å². The van der Waals surface area contributed by atoms with Gasteiger partial charge in [0, 0.05) is 5.02 Å². The summed E-state index contributed by atoms with van der Waals surface area (Å²) in [5.41, 5.74) is 3.31. The van der Waals surface area contributed by atoms with Gasteiger partial charge >= 0.3 is 0 Å². The van der Waals surface area contributed by atoms with Gasteiger partial charge in [0.05, 0.1) is 12.5 Å². The quantitative estimate of drug-likeness (QED) is 0.851. The van der Waals surface area contributed by atoms with Crippen molar-refractivity contribution in [2.75, 3.05) is 0 Å². The van der Waals surface area contributed by atoms with Crippen LogP contribution in [-0.2, 0) is 11.2 Å². The highest BCUT2D eigenvalue weighted by Gasteiger charge is 2.18. The van der Waals surface area contributed by atoms with Gasteiger partial charge in [0.25, 0.3) is 0 Å². The first-order valence-corrected chi connectivity index (χ1v) is 7.94. The number of amides is 1. The standard InChI is InChI=1S/C19H22ClNO/c1-13(2)19(16-8-10-17(20)11-9-16)21-18(22)12-15-6-4-14(3)5-7-15/h4-11,13,19H,12H2,1-3H3,(H,21,22). The summed E-state index contributed by atoms with van der Waals surface area (Å²) in [6.07, 6.45) is 0.400. The van der Waals surface area contributed by atoms with Crippen molar-refractivity contribution in [3.63, 3.8) is 0 Å². The molecule has 0 saturated carbocycles. The van der Waals surface area contributed by atoms with Crippen molar-refractivity contribution < 1.29 is 4.79 Å². The first-order valence-electron chi connectivity index (χ1n) is 7.56. The Balaban J connectivity index is 2.05. The van der Waals surface area contributed by atoms with E-state index in [0.717, 1.165) is 11.1 Å². The van der Waals surface area contributed by atoms with Gasteiger partial charge in [-0.05, 0) is 36.1 Å². The van der Waals surface area contributed by atoms with Gasteiger partial charge in [0.1, 0.15) is 0 Å². The van der Waals surface area contributed by atoms with E-state index in [1.807, 2.05) is 55.5 Å². The lowest BCUT2D eigenvalue weighted by Gasteiger charge is -2.23. The molecule has 1 N–H and O–H groups in total. The Hall–Kier alpha value is -1.80. The van der Waals surface area contributed by atoms with E-state index in [2.05, 4.69) is 19.2 Å². The second-order valence-electron chi connectivity index (χ2n) is 6.00. The number of benzene rings is 2. The highest BCUT2D eigenvalue weighted by atomic mass is 35.5. The number of carbonyl (C=O) groups excluding carboxylic acids is 1. The van der Waals surface area contributed by atoms with Gasteiger partial charge in [-0.25, -0.2) is 0 Å². The lowest BCUT2D eigenvalue weighted by atomic mass is 9.95. The Morgan fingerprint density at radius 3 is 2.18 bits per heavy atom. The van der Waals surface area contributed by atoms with Crippen molar-refractivity contribution in [2.24, 2.45) is 5.92 Å². The van der Waals surface area contributed by atoms with Crippen LogP contribution in [0.4, 0.5) is 0 Å². The van der Waals surface area contributed by atoms with Crippen LogP contribution in [0.2, 0.25) is 5.02 Å². The van der Waals surface area contributed by atoms with Crippen molar-refractivity contribution in [1.82, 2.24) is 5.32 Å². The minimum atomic E-state index is -0.00443. The number of halogens is 1. The molecule has 116 valence electrons. The summed E-state index contributed by atoms with van der Waals surface area (Å²) in [7, 11) is 0. The number of nitrogens with one attached hydrogen (secondary N) is 1. The third-order valence-electron chi connectivity index (χ3n) is 3.70. The van der Waals surface area contributed by atoms with Gasteiger partial charge in [-0.15, -0.1) is 0 Å². The normalized spacial score (nSPS) is 12.2. The molecule has 1 atom stereocenters. The van der Waals surface area contributed by atoms with Crippen LogP contribution in [0.15, 0.2) is 48.5 Å². The minimum absolute atomic E-state index is 0.00443. The van der Waals surface area contributed by atoms with Crippen LogP contribution in [0, 0.1) is 12.8 Å². The molecule has 0 aliphatic rings. The fourth-order valence-electron chi connectivity index (χ4n) is 2.42. The SMILES string of the molecule is Cc1ccc(CC(=O)NC(c2ccc(Cl)cc2)C(C)C)cc1. The molecule has 0 radical (unpaired) electrons. The van der Waals surface area contributed by atoms with Crippen molar-refractivity contribution in [1.29, 1.82) is 0 Å². The van der Waals surface area contributed by atoms with Crippen LogP contribution in [0.1, 0.15) is 36.6 Å². The topological polar surface area (TPSA) is 29.1 Å². The van der Waals surface area contributed by atoms with Gasteiger partial charge in [-0.3, -0.25) is 4.79 Å². The molecule has 1 amide bonds. The largest absolute Gasteiger partial charge is 0.349 e. The molecule has 0 heterocycles. The lowest BCUT2D eigenvalue weighted by molar-refractivity contribution is -0.121. The van der Waals surface area contributed by atoms with E-state index >= 15 is 0 Å². The van der Waals surface area contributed by atoms with E-state index < -0.39 is 0 Å². The summed E-state index contributed by atoms with van der Waals surface area (Å²) in [5, 5.41) is 3.84. The van der Waals surface area contributed by atoms with Gasteiger partial charge in [-0.2, -0.15) is 0 Å². The molecule has 2 aromatic rings. The van der Waals surface area contributed by atoms with Crippen molar-refractivity contribution >= 4 is 17.5 Å². The Bertz CT molecular complexity index is 617. The van der Waals surface area contributed by atoms with Crippen LogP contribution in [0.5, 0.6) is 0 Å². The fourth-order valence-corrected chi connectivity index (χ4v) is 2.55. The van der Waals surface area contributed by atoms with E-state index in [9.17, 15) is 4.79 Å². The molecule has 0 fully saturated rings. The lowest BCUT2D eigenvalue weighted by Crippen LogP contribution is -2.32. The zero-order chi connectivity index (χ0) is 16.1. The molecule has 1 unspecified atom stereocenters. The van der Waals surface area contributed by atoms with E-state index in [1.165, 1.54) is 5.56 Å². The van der Waals surface area contributed by atoms with Gasteiger partial charge < -0.3 is 5.32 Å². The first kappa shape index (κ1) is 16.6. The third kappa shape index (κ3) is 4.60. The number of aryl methyl sites for hydroxylation is 1. The van der Waals surface area contributed by atoms with Gasteiger partial charge in [-0.1, -0.05) is 67.4 Å². The molecule has 0 aliphatic carbocycles. The number of hydrogen-bond acceptors (Lipinski definition) is 1. The van der Waals surface area contributed by atoms with Crippen LogP contribution >= 0.6 is 11.6 Å². The number of rotatable bonds is 5. The summed E-state index contributed by atoms with van der Waals surface area (Å²) in [5.74, 6) is 0.348. The number of carbonyl (C=O) groups is 1. The second kappa shape index (κ2) is 7.46. The predicted octanol–water partition coefficient (Wildman–Crippen LogP) is 4.70.